The Morgan fingerprint density at radius 2 is 2.07 bits per heavy atom. The summed E-state index contributed by atoms with van der Waals surface area (Å²) in [5, 5.41) is 15.1. The molecule has 0 spiro atoms. The molecule has 1 atom stereocenters. The first-order chi connectivity index (χ1) is 13.4. The number of aryl methyl sites for hydroxylation is 1. The Labute approximate surface area is 166 Å². The van der Waals surface area contributed by atoms with E-state index in [0.717, 1.165) is 12.3 Å². The van der Waals surface area contributed by atoms with Gasteiger partial charge in [-0.05, 0) is 13.8 Å². The van der Waals surface area contributed by atoms with Gasteiger partial charge in [-0.15, -0.1) is 0 Å². The number of carboxylic acids is 1. The van der Waals surface area contributed by atoms with Gasteiger partial charge >= 0.3 is 18.8 Å². The standard InChI is InChI=1S/C16H16ClF5N4O3/c1-3-26-13(11(17)12(25-26)14(27)28)8-6-23-10(4-9(8)29-15(18)19)24-7(2)5-16(20,21)22/h4,6-7,15H,3,5H2,1-2H3,(H,23,24)(H,27,28). The molecule has 0 amide bonds. The minimum absolute atomic E-state index is 0.0235. The molecule has 0 bridgehead atoms. The lowest BCUT2D eigenvalue weighted by Crippen LogP contribution is -2.24. The van der Waals surface area contributed by atoms with E-state index in [0.29, 0.717) is 0 Å². The molecule has 2 N–H and O–H groups in total. The van der Waals surface area contributed by atoms with Gasteiger partial charge in [0.25, 0.3) is 0 Å². The Bertz CT molecular complexity index is 888. The normalized spacial score (nSPS) is 12.9. The molecule has 0 aliphatic rings. The molecule has 7 nitrogen and oxygen atoms in total. The summed E-state index contributed by atoms with van der Waals surface area (Å²) in [7, 11) is 0. The smallest absolute Gasteiger partial charge is 0.391 e. The lowest BCUT2D eigenvalue weighted by Gasteiger charge is -2.18. The van der Waals surface area contributed by atoms with Crippen molar-refractivity contribution in [2.75, 3.05) is 5.32 Å². The van der Waals surface area contributed by atoms with Crippen molar-refractivity contribution in [1.29, 1.82) is 0 Å². The van der Waals surface area contributed by atoms with Crippen LogP contribution in [0.3, 0.4) is 0 Å². The summed E-state index contributed by atoms with van der Waals surface area (Å²) in [6, 6.07) is -0.103. The molecule has 2 aromatic rings. The highest BCUT2D eigenvalue weighted by Crippen LogP contribution is 2.38. The summed E-state index contributed by atoms with van der Waals surface area (Å²) in [5.74, 6) is -2.02. The highest BCUT2D eigenvalue weighted by molar-refractivity contribution is 6.35. The van der Waals surface area contributed by atoms with Crippen LogP contribution in [0.1, 0.15) is 30.8 Å². The predicted molar refractivity (Wildman–Crippen MR) is 93.5 cm³/mol. The summed E-state index contributed by atoms with van der Waals surface area (Å²) in [4.78, 5) is 15.2. The second-order valence-corrected chi connectivity index (χ2v) is 6.32. The quantitative estimate of drug-likeness (QED) is 0.577. The zero-order chi connectivity index (χ0) is 21.9. The number of halogens is 6. The van der Waals surface area contributed by atoms with Crippen molar-refractivity contribution >= 4 is 23.4 Å². The predicted octanol–water partition coefficient (Wildman–Crippen LogP) is 4.67. The Balaban J connectivity index is 2.49. The average molecular weight is 443 g/mol. The number of pyridine rings is 1. The molecular weight excluding hydrogens is 427 g/mol. The topological polar surface area (TPSA) is 89.3 Å². The van der Waals surface area contributed by atoms with Crippen LogP contribution in [0.15, 0.2) is 12.3 Å². The van der Waals surface area contributed by atoms with Gasteiger partial charge in [0, 0.05) is 24.8 Å². The number of aromatic nitrogens is 3. The maximum atomic E-state index is 12.9. The van der Waals surface area contributed by atoms with E-state index in [9.17, 15) is 26.7 Å². The van der Waals surface area contributed by atoms with E-state index in [4.69, 9.17) is 16.7 Å². The monoisotopic (exact) mass is 442 g/mol. The van der Waals surface area contributed by atoms with E-state index in [1.165, 1.54) is 11.6 Å². The maximum absolute atomic E-state index is 12.9. The number of alkyl halides is 5. The number of rotatable bonds is 8. The number of anilines is 1. The van der Waals surface area contributed by atoms with Crippen LogP contribution in [0, 0.1) is 0 Å². The van der Waals surface area contributed by atoms with Crippen molar-refractivity contribution in [3.8, 4) is 17.0 Å². The third kappa shape index (κ3) is 5.68. The van der Waals surface area contributed by atoms with Crippen molar-refractivity contribution in [3.63, 3.8) is 0 Å². The average Bonchev–Trinajstić information content (AvgIpc) is 2.89. The first-order valence-corrected chi connectivity index (χ1v) is 8.58. The fraction of sp³-hybridized carbons (Fsp3) is 0.438. The second-order valence-electron chi connectivity index (χ2n) is 5.94. The van der Waals surface area contributed by atoms with Crippen LogP contribution in [-0.2, 0) is 6.54 Å². The zero-order valence-corrected chi connectivity index (χ0v) is 15.9. The van der Waals surface area contributed by atoms with Crippen LogP contribution in [0.25, 0.3) is 11.3 Å². The first-order valence-electron chi connectivity index (χ1n) is 8.21. The van der Waals surface area contributed by atoms with Gasteiger partial charge in [-0.25, -0.2) is 9.78 Å². The summed E-state index contributed by atoms with van der Waals surface area (Å²) >= 11 is 6.07. The van der Waals surface area contributed by atoms with Gasteiger partial charge in [-0.2, -0.15) is 27.1 Å². The molecule has 160 valence electrons. The van der Waals surface area contributed by atoms with Gasteiger partial charge in [-0.1, -0.05) is 11.6 Å². The van der Waals surface area contributed by atoms with Gasteiger partial charge in [0.1, 0.15) is 16.6 Å². The van der Waals surface area contributed by atoms with E-state index >= 15 is 0 Å². The minimum atomic E-state index is -4.43. The van der Waals surface area contributed by atoms with Crippen LogP contribution < -0.4 is 10.1 Å². The van der Waals surface area contributed by atoms with E-state index in [2.05, 4.69) is 20.1 Å². The molecule has 0 saturated heterocycles. The van der Waals surface area contributed by atoms with Crippen LogP contribution >= 0.6 is 11.6 Å². The molecule has 2 rings (SSSR count). The van der Waals surface area contributed by atoms with Crippen molar-refractivity contribution in [2.24, 2.45) is 0 Å². The molecule has 0 aliphatic heterocycles. The Hall–Kier alpha value is -2.63. The van der Waals surface area contributed by atoms with Gasteiger partial charge in [0.2, 0.25) is 0 Å². The zero-order valence-electron chi connectivity index (χ0n) is 15.1. The number of nitrogens with zero attached hydrogens (tertiary/aromatic N) is 3. The molecule has 0 aromatic carbocycles. The largest absolute Gasteiger partial charge is 0.476 e. The van der Waals surface area contributed by atoms with Crippen LogP contribution in [-0.4, -0.2) is 44.7 Å². The number of hydrogen-bond acceptors (Lipinski definition) is 5. The summed E-state index contributed by atoms with van der Waals surface area (Å²) in [6.45, 7) is -0.237. The molecule has 0 radical (unpaired) electrons. The molecule has 0 fully saturated rings. The fourth-order valence-corrected chi connectivity index (χ4v) is 2.92. The Morgan fingerprint density at radius 1 is 1.41 bits per heavy atom. The Kier molecular flexibility index (Phi) is 6.88. The molecular formula is C16H16ClF5N4O3. The van der Waals surface area contributed by atoms with Crippen molar-refractivity contribution in [2.45, 2.75) is 45.6 Å². The number of hydrogen-bond donors (Lipinski definition) is 2. The lowest BCUT2D eigenvalue weighted by molar-refractivity contribution is -0.136. The highest BCUT2D eigenvalue weighted by atomic mass is 35.5. The molecule has 2 heterocycles. The number of carboxylic acid groups (broad SMARTS) is 1. The van der Waals surface area contributed by atoms with Crippen LogP contribution in [0.5, 0.6) is 5.75 Å². The van der Waals surface area contributed by atoms with Crippen molar-refractivity contribution in [3.05, 3.63) is 23.0 Å². The van der Waals surface area contributed by atoms with Crippen LogP contribution in [0.4, 0.5) is 27.8 Å². The summed E-state index contributed by atoms with van der Waals surface area (Å²) < 4.78 is 68.9. The number of carbonyl (C=O) groups is 1. The van der Waals surface area contributed by atoms with Gasteiger partial charge in [0.05, 0.1) is 17.7 Å². The molecule has 0 saturated carbocycles. The van der Waals surface area contributed by atoms with E-state index < -0.39 is 42.7 Å². The first kappa shape index (κ1) is 22.7. The third-order valence-electron chi connectivity index (χ3n) is 3.67. The van der Waals surface area contributed by atoms with Gasteiger partial charge in [0.15, 0.2) is 5.69 Å². The molecule has 1 unspecified atom stereocenters. The number of nitrogens with one attached hydrogen (secondary N) is 1. The highest BCUT2D eigenvalue weighted by Gasteiger charge is 2.30. The third-order valence-corrected chi connectivity index (χ3v) is 4.02. The summed E-state index contributed by atoms with van der Waals surface area (Å²) in [5.41, 5.74) is -0.608. The molecule has 0 aliphatic carbocycles. The summed E-state index contributed by atoms with van der Waals surface area (Å²) in [6.07, 6.45) is -4.55. The second kappa shape index (κ2) is 8.80. The van der Waals surface area contributed by atoms with E-state index in [1.54, 1.807) is 6.92 Å². The van der Waals surface area contributed by atoms with Crippen molar-refractivity contribution in [1.82, 2.24) is 14.8 Å². The SMILES string of the molecule is CCn1nc(C(=O)O)c(Cl)c1-c1cnc(NC(C)CC(F)(F)F)cc1OC(F)F. The number of ether oxygens (including phenoxy) is 1. The van der Waals surface area contributed by atoms with Crippen LogP contribution in [0.2, 0.25) is 5.02 Å². The van der Waals surface area contributed by atoms with E-state index in [1.807, 2.05) is 0 Å². The molecule has 13 heteroatoms. The fourth-order valence-electron chi connectivity index (χ4n) is 2.60. The lowest BCUT2D eigenvalue weighted by atomic mass is 10.1. The van der Waals surface area contributed by atoms with Gasteiger partial charge in [-0.3, -0.25) is 4.68 Å². The minimum Gasteiger partial charge on any atom is -0.476 e. The van der Waals surface area contributed by atoms with E-state index in [-0.39, 0.29) is 28.6 Å². The maximum Gasteiger partial charge on any atom is 0.391 e. The molecule has 29 heavy (non-hydrogen) atoms. The Morgan fingerprint density at radius 3 is 2.59 bits per heavy atom. The van der Waals surface area contributed by atoms with Crippen molar-refractivity contribution < 1.29 is 36.6 Å². The number of aromatic carboxylic acids is 1. The van der Waals surface area contributed by atoms with Gasteiger partial charge < -0.3 is 15.2 Å². The molecule has 2 aromatic heterocycles.